The van der Waals surface area contributed by atoms with Gasteiger partial charge in [0.25, 0.3) is 0 Å². The van der Waals surface area contributed by atoms with E-state index < -0.39 is 98.1 Å². The van der Waals surface area contributed by atoms with Crippen molar-refractivity contribution < 1.29 is 84.3 Å². The van der Waals surface area contributed by atoms with Gasteiger partial charge in [0.05, 0.1) is 5.56 Å². The number of hydrogen-bond acceptors (Lipinski definition) is 17. The zero-order valence-corrected chi connectivity index (χ0v) is 23.8. The summed E-state index contributed by atoms with van der Waals surface area (Å²) in [6.45, 7) is 1.30. The van der Waals surface area contributed by atoms with Crippen LogP contribution in [-0.2, 0) is 23.7 Å². The standard InChI is InChI=1S/C28H34O17/c1-9-3-11(29)5-13(31)17(9)15(33)7-42-26-22(37)21(36)24(39)28(44-26)45-27-23(38)20(35)19(34)16(43-27)8-41-25(40)18-10(2)4-12(30)6-14(18)32/h3-6,16,19-24,26-32,34-39H,7-8H2,1-2H3/t16?,19-,20+,21+,22+,23-,24-,26+,27-,28?/m1/s1. The van der Waals surface area contributed by atoms with Crippen molar-refractivity contribution in [2.75, 3.05) is 13.2 Å². The Kier molecular flexibility index (Phi) is 10.5. The van der Waals surface area contributed by atoms with Crippen LogP contribution in [0.4, 0.5) is 0 Å². The zero-order chi connectivity index (χ0) is 33.3. The monoisotopic (exact) mass is 642 g/mol. The van der Waals surface area contributed by atoms with Gasteiger partial charge in [0.1, 0.15) is 84.5 Å². The van der Waals surface area contributed by atoms with Crippen LogP contribution in [0.2, 0.25) is 0 Å². The van der Waals surface area contributed by atoms with Crippen LogP contribution in [0.25, 0.3) is 0 Å². The van der Waals surface area contributed by atoms with E-state index in [1.807, 2.05) is 0 Å². The Hall–Kier alpha value is -3.62. The van der Waals surface area contributed by atoms with Crippen LogP contribution in [0.3, 0.4) is 0 Å². The highest BCUT2D eigenvalue weighted by Crippen LogP contribution is 2.31. The number of ether oxygens (including phenoxy) is 5. The van der Waals surface area contributed by atoms with Gasteiger partial charge in [-0.3, -0.25) is 4.79 Å². The Morgan fingerprint density at radius 1 is 0.667 bits per heavy atom. The minimum absolute atomic E-state index is 0.164. The topological polar surface area (TPSA) is 283 Å². The SMILES string of the molecule is Cc1cc(O)cc(O)c1C(=O)CO[C@H]1OC(O[C@H]2OC(COC(=O)c3c(C)cc(O)cc3O)[C@@H](O)[C@H](O)[C@H]2O)[C@H](O)[C@@H](O)[C@@H]1O. The zero-order valence-electron chi connectivity index (χ0n) is 23.8. The summed E-state index contributed by atoms with van der Waals surface area (Å²) in [5.74, 6) is -3.59. The molecule has 10 atom stereocenters. The molecule has 0 aliphatic carbocycles. The number of aliphatic hydroxyl groups excluding tert-OH is 6. The molecule has 2 aromatic carbocycles. The minimum Gasteiger partial charge on any atom is -0.508 e. The molecule has 2 aliphatic rings. The molecule has 17 nitrogen and oxygen atoms in total. The van der Waals surface area contributed by atoms with Crippen LogP contribution in [0.5, 0.6) is 23.0 Å². The van der Waals surface area contributed by atoms with Gasteiger partial charge >= 0.3 is 5.97 Å². The lowest BCUT2D eigenvalue weighted by Crippen LogP contribution is -2.63. The van der Waals surface area contributed by atoms with Gasteiger partial charge in [-0.1, -0.05) is 0 Å². The van der Waals surface area contributed by atoms with E-state index >= 15 is 0 Å². The quantitative estimate of drug-likeness (QED) is 0.102. The van der Waals surface area contributed by atoms with Crippen molar-refractivity contribution in [3.05, 3.63) is 46.5 Å². The molecule has 248 valence electrons. The number of carbonyl (C=O) groups excluding carboxylic acids is 2. The molecule has 0 amide bonds. The van der Waals surface area contributed by atoms with E-state index in [0.29, 0.717) is 0 Å². The lowest BCUT2D eigenvalue weighted by molar-refractivity contribution is -0.397. The molecule has 2 unspecified atom stereocenters. The summed E-state index contributed by atoms with van der Waals surface area (Å²) in [4.78, 5) is 25.3. The predicted molar refractivity (Wildman–Crippen MR) is 144 cm³/mol. The van der Waals surface area contributed by atoms with Crippen LogP contribution in [0.15, 0.2) is 24.3 Å². The third-order valence-electron chi connectivity index (χ3n) is 7.30. The average Bonchev–Trinajstić information content (AvgIpc) is 2.95. The number of phenols is 4. The molecule has 0 aromatic heterocycles. The minimum atomic E-state index is -1.99. The van der Waals surface area contributed by atoms with E-state index in [9.17, 15) is 60.7 Å². The van der Waals surface area contributed by atoms with E-state index in [2.05, 4.69) is 0 Å². The highest BCUT2D eigenvalue weighted by atomic mass is 16.8. The number of ketones is 1. The Morgan fingerprint density at radius 2 is 1.16 bits per heavy atom. The van der Waals surface area contributed by atoms with Crippen LogP contribution >= 0.6 is 0 Å². The smallest absolute Gasteiger partial charge is 0.342 e. The maximum absolute atomic E-state index is 12.7. The molecule has 17 heteroatoms. The summed E-state index contributed by atoms with van der Waals surface area (Å²) in [6.07, 6.45) is -18.8. The van der Waals surface area contributed by atoms with Gasteiger partial charge < -0.3 is 74.7 Å². The molecule has 45 heavy (non-hydrogen) atoms. The fourth-order valence-electron chi connectivity index (χ4n) is 4.95. The number of aryl methyl sites for hydroxylation is 2. The van der Waals surface area contributed by atoms with Crippen molar-refractivity contribution in [3.63, 3.8) is 0 Å². The predicted octanol–water partition coefficient (Wildman–Crippen LogP) is -2.23. The number of carbonyl (C=O) groups is 2. The Morgan fingerprint density at radius 3 is 1.71 bits per heavy atom. The maximum Gasteiger partial charge on any atom is 0.342 e. The summed E-state index contributed by atoms with van der Waals surface area (Å²) in [5.41, 5.74) is -0.113. The second-order valence-corrected chi connectivity index (χ2v) is 10.6. The Balaban J connectivity index is 1.42. The fraction of sp³-hybridized carbons (Fsp3) is 0.500. The maximum atomic E-state index is 12.7. The van der Waals surface area contributed by atoms with Crippen molar-refractivity contribution in [1.82, 2.24) is 0 Å². The first kappa shape index (κ1) is 34.3. The molecular formula is C28H34O17. The molecule has 2 heterocycles. The molecule has 10 N–H and O–H groups in total. The Labute approximate surface area is 254 Å². The van der Waals surface area contributed by atoms with Gasteiger partial charge in [0, 0.05) is 12.1 Å². The number of esters is 1. The Bertz CT molecular complexity index is 1250. The normalized spacial score (nSPS) is 31.8. The number of Topliss-reactive ketones (excluding diaryl/α,β-unsaturated/α-hetero) is 1. The third kappa shape index (κ3) is 7.28. The number of aliphatic hydroxyl groups is 6. The van der Waals surface area contributed by atoms with E-state index in [4.69, 9.17) is 23.7 Å². The molecule has 0 bridgehead atoms. The summed E-state index contributed by atoms with van der Waals surface area (Å²) in [5, 5.41) is 102. The van der Waals surface area contributed by atoms with E-state index in [-0.39, 0.29) is 33.8 Å². The molecule has 2 fully saturated rings. The number of rotatable bonds is 9. The number of aromatic hydroxyl groups is 4. The molecule has 0 spiro atoms. The fourth-order valence-corrected chi connectivity index (χ4v) is 4.95. The lowest BCUT2D eigenvalue weighted by atomic mass is 9.99. The highest BCUT2D eigenvalue weighted by molar-refractivity contribution is 6.01. The van der Waals surface area contributed by atoms with Gasteiger partial charge in [0.15, 0.2) is 24.7 Å². The average molecular weight is 643 g/mol. The summed E-state index contributed by atoms with van der Waals surface area (Å²) >= 11 is 0. The van der Waals surface area contributed by atoms with Crippen molar-refractivity contribution in [2.45, 2.75) is 75.4 Å². The molecule has 4 rings (SSSR count). The van der Waals surface area contributed by atoms with Crippen molar-refractivity contribution in [2.24, 2.45) is 0 Å². The first-order valence-electron chi connectivity index (χ1n) is 13.5. The number of hydrogen-bond donors (Lipinski definition) is 10. The second-order valence-electron chi connectivity index (χ2n) is 10.6. The van der Waals surface area contributed by atoms with E-state index in [1.165, 1.54) is 26.0 Å². The summed E-state index contributed by atoms with van der Waals surface area (Å²) in [7, 11) is 0. The van der Waals surface area contributed by atoms with Crippen LogP contribution < -0.4 is 0 Å². The van der Waals surface area contributed by atoms with Crippen LogP contribution in [0.1, 0.15) is 31.8 Å². The number of benzene rings is 2. The van der Waals surface area contributed by atoms with Gasteiger partial charge in [0.2, 0.25) is 0 Å². The molecule has 2 aliphatic heterocycles. The molecule has 0 saturated carbocycles. The van der Waals surface area contributed by atoms with Crippen molar-refractivity contribution >= 4 is 11.8 Å². The molecule has 0 radical (unpaired) electrons. The van der Waals surface area contributed by atoms with E-state index in [0.717, 1.165) is 12.1 Å². The second kappa shape index (κ2) is 13.8. The number of phenolic OH excluding ortho intramolecular Hbond substituents is 4. The lowest BCUT2D eigenvalue weighted by Gasteiger charge is -2.44. The van der Waals surface area contributed by atoms with Gasteiger partial charge in [-0.05, 0) is 37.1 Å². The van der Waals surface area contributed by atoms with Gasteiger partial charge in [-0.25, -0.2) is 4.79 Å². The molecule has 2 saturated heterocycles. The largest absolute Gasteiger partial charge is 0.508 e. The first-order chi connectivity index (χ1) is 21.1. The van der Waals surface area contributed by atoms with Gasteiger partial charge in [-0.15, -0.1) is 0 Å². The van der Waals surface area contributed by atoms with Gasteiger partial charge in [-0.2, -0.15) is 0 Å². The summed E-state index contributed by atoms with van der Waals surface area (Å²) < 4.78 is 26.6. The van der Waals surface area contributed by atoms with Crippen molar-refractivity contribution in [3.8, 4) is 23.0 Å². The third-order valence-corrected chi connectivity index (χ3v) is 7.30. The summed E-state index contributed by atoms with van der Waals surface area (Å²) in [6, 6.07) is 4.25. The van der Waals surface area contributed by atoms with E-state index in [1.54, 1.807) is 0 Å². The molecule has 2 aromatic rings. The highest BCUT2D eigenvalue weighted by Gasteiger charge is 2.50. The molecular weight excluding hydrogens is 608 g/mol. The van der Waals surface area contributed by atoms with Crippen LogP contribution in [-0.4, -0.2) is 138 Å². The van der Waals surface area contributed by atoms with Crippen molar-refractivity contribution in [1.29, 1.82) is 0 Å². The van der Waals surface area contributed by atoms with Crippen LogP contribution in [0, 0.1) is 13.8 Å². The first-order valence-corrected chi connectivity index (χ1v) is 13.5.